The summed E-state index contributed by atoms with van der Waals surface area (Å²) in [6.45, 7) is 12.8. The Morgan fingerprint density at radius 1 is 0.795 bits per heavy atom. The number of aromatic nitrogens is 2. The Morgan fingerprint density at radius 3 is 1.82 bits per heavy atom. The van der Waals surface area contributed by atoms with Gasteiger partial charge in [-0.2, -0.15) is 4.98 Å². The minimum atomic E-state index is -1.10. The lowest BCUT2D eigenvalue weighted by molar-refractivity contribution is -0.139. The third-order valence-corrected chi connectivity index (χ3v) is 6.69. The summed E-state index contributed by atoms with van der Waals surface area (Å²) in [5.74, 6) is -0.648. The number of hydrogen-bond donors (Lipinski definition) is 2. The zero-order chi connectivity index (χ0) is 28.4. The van der Waals surface area contributed by atoms with Gasteiger partial charge >= 0.3 is 5.97 Å². The molecule has 0 radical (unpaired) electrons. The summed E-state index contributed by atoms with van der Waals surface area (Å²) in [6, 6.07) is 21.5. The first-order valence-corrected chi connectivity index (χ1v) is 13.0. The fourth-order valence-electron chi connectivity index (χ4n) is 4.16. The van der Waals surface area contributed by atoms with Crippen molar-refractivity contribution in [1.29, 1.82) is 0 Å². The molecule has 0 aliphatic heterocycles. The lowest BCUT2D eigenvalue weighted by Gasteiger charge is -2.19. The van der Waals surface area contributed by atoms with Crippen LogP contribution in [0.25, 0.3) is 22.8 Å². The van der Waals surface area contributed by atoms with Gasteiger partial charge in [-0.15, -0.1) is 0 Å². The number of benzene rings is 3. The van der Waals surface area contributed by atoms with Crippen molar-refractivity contribution < 1.29 is 19.2 Å². The summed E-state index contributed by atoms with van der Waals surface area (Å²) < 4.78 is 5.48. The van der Waals surface area contributed by atoms with Gasteiger partial charge in [-0.1, -0.05) is 95.2 Å². The zero-order valence-electron chi connectivity index (χ0n) is 23.3. The molecule has 1 aromatic heterocycles. The normalized spacial score (nSPS) is 12.7. The SMILES string of the molecule is CC(C)(C)c1ccc(C(=O)NC(Cc2ccc(-c3noc(-c4ccc(C(C)(C)C)cc4)n3)cc2)C(=O)O)cc1. The predicted molar refractivity (Wildman–Crippen MR) is 152 cm³/mol. The molecule has 2 N–H and O–H groups in total. The molecular weight excluding hydrogens is 490 g/mol. The molecular formula is C32H35N3O4. The van der Waals surface area contributed by atoms with E-state index in [9.17, 15) is 14.7 Å². The summed E-state index contributed by atoms with van der Waals surface area (Å²) >= 11 is 0. The number of hydrogen-bond acceptors (Lipinski definition) is 5. The number of nitrogens with one attached hydrogen (secondary N) is 1. The van der Waals surface area contributed by atoms with E-state index in [0.717, 1.165) is 22.3 Å². The molecule has 1 unspecified atom stereocenters. The van der Waals surface area contributed by atoms with Crippen molar-refractivity contribution in [3.63, 3.8) is 0 Å². The van der Waals surface area contributed by atoms with Gasteiger partial charge in [0.1, 0.15) is 6.04 Å². The van der Waals surface area contributed by atoms with Crippen LogP contribution < -0.4 is 5.32 Å². The maximum atomic E-state index is 12.7. The Balaban J connectivity index is 1.42. The Kier molecular flexibility index (Phi) is 7.72. The molecule has 0 spiro atoms. The molecule has 0 saturated heterocycles. The maximum absolute atomic E-state index is 12.7. The number of rotatable bonds is 7. The van der Waals surface area contributed by atoms with E-state index in [0.29, 0.717) is 17.3 Å². The number of carboxylic acids is 1. The smallest absolute Gasteiger partial charge is 0.326 e. The Hall–Kier alpha value is -4.26. The Bertz CT molecular complexity index is 1440. The molecule has 4 rings (SSSR count). The van der Waals surface area contributed by atoms with Crippen molar-refractivity contribution in [1.82, 2.24) is 15.5 Å². The van der Waals surface area contributed by atoms with Gasteiger partial charge in [0.05, 0.1) is 0 Å². The van der Waals surface area contributed by atoms with E-state index in [1.807, 2.05) is 48.5 Å². The fraction of sp³-hybridized carbons (Fsp3) is 0.312. The number of carbonyl (C=O) groups is 2. The molecule has 4 aromatic rings. The van der Waals surface area contributed by atoms with Crippen LogP contribution in [0.5, 0.6) is 0 Å². The van der Waals surface area contributed by atoms with E-state index in [4.69, 9.17) is 4.52 Å². The first-order valence-electron chi connectivity index (χ1n) is 13.0. The van der Waals surface area contributed by atoms with E-state index in [2.05, 4.69) is 69.1 Å². The van der Waals surface area contributed by atoms with Crippen LogP contribution in [0.2, 0.25) is 0 Å². The summed E-state index contributed by atoms with van der Waals surface area (Å²) in [6.07, 6.45) is 0.138. The monoisotopic (exact) mass is 525 g/mol. The van der Waals surface area contributed by atoms with Crippen LogP contribution in [0.1, 0.15) is 68.6 Å². The molecule has 0 aliphatic rings. The van der Waals surface area contributed by atoms with Gasteiger partial charge in [0.15, 0.2) is 0 Å². The van der Waals surface area contributed by atoms with Crippen molar-refractivity contribution in [3.05, 3.63) is 95.1 Å². The summed E-state index contributed by atoms with van der Waals surface area (Å²) in [4.78, 5) is 29.2. The largest absolute Gasteiger partial charge is 0.480 e. The molecule has 1 atom stereocenters. The van der Waals surface area contributed by atoms with Gasteiger partial charge in [-0.25, -0.2) is 4.79 Å². The second-order valence-corrected chi connectivity index (χ2v) is 11.8. The molecule has 7 nitrogen and oxygen atoms in total. The Labute approximate surface area is 229 Å². The van der Waals surface area contributed by atoms with Crippen LogP contribution >= 0.6 is 0 Å². The molecule has 7 heteroatoms. The standard InChI is InChI=1S/C32H35N3O4/c1-31(2,3)24-15-11-22(12-16-24)28(36)33-26(30(37)38)19-20-7-9-21(10-8-20)27-34-29(39-35-27)23-13-17-25(18-14-23)32(4,5)6/h7-18,26H,19H2,1-6H3,(H,33,36)(H,37,38). The number of carboxylic acid groups (broad SMARTS) is 1. The van der Waals surface area contributed by atoms with Crippen LogP contribution in [-0.4, -0.2) is 33.2 Å². The van der Waals surface area contributed by atoms with E-state index in [-0.39, 0.29) is 17.3 Å². The minimum absolute atomic E-state index is 0.0362. The van der Waals surface area contributed by atoms with E-state index < -0.39 is 17.9 Å². The van der Waals surface area contributed by atoms with Crippen LogP contribution in [0.4, 0.5) is 0 Å². The average molecular weight is 526 g/mol. The van der Waals surface area contributed by atoms with E-state index in [1.165, 1.54) is 5.56 Å². The van der Waals surface area contributed by atoms with Crippen molar-refractivity contribution in [3.8, 4) is 22.8 Å². The van der Waals surface area contributed by atoms with Crippen molar-refractivity contribution in [2.75, 3.05) is 0 Å². The Morgan fingerprint density at radius 2 is 1.31 bits per heavy atom. The van der Waals surface area contributed by atoms with Gasteiger partial charge < -0.3 is 14.9 Å². The topological polar surface area (TPSA) is 105 Å². The van der Waals surface area contributed by atoms with Gasteiger partial charge in [0, 0.05) is 23.1 Å². The van der Waals surface area contributed by atoms with Crippen LogP contribution in [0, 0.1) is 0 Å². The van der Waals surface area contributed by atoms with Crippen LogP contribution in [0.3, 0.4) is 0 Å². The quantitative estimate of drug-likeness (QED) is 0.288. The third-order valence-electron chi connectivity index (χ3n) is 6.69. The lowest BCUT2D eigenvalue weighted by Crippen LogP contribution is -2.42. The van der Waals surface area contributed by atoms with Gasteiger partial charge in [-0.3, -0.25) is 4.79 Å². The zero-order valence-corrected chi connectivity index (χ0v) is 23.3. The second-order valence-electron chi connectivity index (χ2n) is 11.8. The average Bonchev–Trinajstić information content (AvgIpc) is 3.38. The highest BCUT2D eigenvalue weighted by molar-refractivity contribution is 5.96. The summed E-state index contributed by atoms with van der Waals surface area (Å²) in [7, 11) is 0. The van der Waals surface area contributed by atoms with Crippen LogP contribution in [0.15, 0.2) is 77.3 Å². The molecule has 3 aromatic carbocycles. The molecule has 0 fully saturated rings. The van der Waals surface area contributed by atoms with Crippen molar-refractivity contribution >= 4 is 11.9 Å². The molecule has 1 heterocycles. The molecule has 39 heavy (non-hydrogen) atoms. The molecule has 0 aliphatic carbocycles. The highest BCUT2D eigenvalue weighted by Gasteiger charge is 2.22. The summed E-state index contributed by atoms with van der Waals surface area (Å²) in [5, 5.41) is 16.5. The van der Waals surface area contributed by atoms with Crippen molar-refractivity contribution in [2.24, 2.45) is 0 Å². The number of nitrogens with zero attached hydrogens (tertiary/aromatic N) is 2. The maximum Gasteiger partial charge on any atom is 0.326 e. The third kappa shape index (κ3) is 6.79. The number of amides is 1. The summed E-state index contributed by atoms with van der Waals surface area (Å²) in [5.41, 5.74) is 5.10. The highest BCUT2D eigenvalue weighted by atomic mass is 16.5. The molecule has 1 amide bonds. The van der Waals surface area contributed by atoms with E-state index >= 15 is 0 Å². The van der Waals surface area contributed by atoms with Gasteiger partial charge in [0.25, 0.3) is 11.8 Å². The first-order chi connectivity index (χ1) is 18.3. The fourth-order valence-corrected chi connectivity index (χ4v) is 4.16. The number of carbonyl (C=O) groups excluding carboxylic acids is 1. The van der Waals surface area contributed by atoms with Gasteiger partial charge in [0.2, 0.25) is 5.82 Å². The number of aliphatic carboxylic acids is 1. The lowest BCUT2D eigenvalue weighted by atomic mass is 9.86. The molecule has 0 bridgehead atoms. The van der Waals surface area contributed by atoms with Crippen LogP contribution in [-0.2, 0) is 22.0 Å². The van der Waals surface area contributed by atoms with Crippen molar-refractivity contribution in [2.45, 2.75) is 64.8 Å². The highest BCUT2D eigenvalue weighted by Crippen LogP contribution is 2.27. The predicted octanol–water partition coefficient (Wildman–Crippen LogP) is 6.42. The van der Waals surface area contributed by atoms with Gasteiger partial charge in [-0.05, 0) is 51.8 Å². The van der Waals surface area contributed by atoms with E-state index in [1.54, 1.807) is 12.1 Å². The second kappa shape index (κ2) is 10.8. The first kappa shape index (κ1) is 27.8. The molecule has 0 saturated carbocycles. The minimum Gasteiger partial charge on any atom is -0.480 e. The molecule has 202 valence electrons.